The van der Waals surface area contributed by atoms with Gasteiger partial charge in [0, 0.05) is 16.7 Å². The number of halogens is 3. The second kappa shape index (κ2) is 13.3. The Morgan fingerprint density at radius 1 is 0.510 bits per heavy atom. The van der Waals surface area contributed by atoms with Crippen molar-refractivity contribution in [1.82, 2.24) is 0 Å². The van der Waals surface area contributed by atoms with Crippen LogP contribution in [0.1, 0.15) is 11.1 Å². The Labute approximate surface area is 283 Å². The van der Waals surface area contributed by atoms with E-state index in [2.05, 4.69) is 0 Å². The zero-order valence-corrected chi connectivity index (χ0v) is 27.3. The third-order valence-electron chi connectivity index (χ3n) is 7.81. The molecule has 10 heteroatoms. The summed E-state index contributed by atoms with van der Waals surface area (Å²) in [6.07, 6.45) is 0. The maximum absolute atomic E-state index is 13.8. The van der Waals surface area contributed by atoms with Gasteiger partial charge in [-0.3, -0.25) is 0 Å². The maximum atomic E-state index is 13.8. The lowest BCUT2D eigenvalue weighted by atomic mass is 9.95. The zero-order chi connectivity index (χ0) is 34.0. The van der Waals surface area contributed by atoms with E-state index in [9.17, 15) is 21.6 Å². The van der Waals surface area contributed by atoms with Crippen LogP contribution in [0.2, 0.25) is 0 Å². The monoisotopic (exact) mass is 690 g/mol. The molecule has 0 spiro atoms. The van der Waals surface area contributed by atoms with Gasteiger partial charge in [0.1, 0.15) is 0 Å². The van der Waals surface area contributed by atoms with Crippen molar-refractivity contribution >= 4 is 56.8 Å². The first kappa shape index (κ1) is 32.2. The van der Waals surface area contributed by atoms with Gasteiger partial charge in [-0.1, -0.05) is 140 Å². The molecule has 5 nitrogen and oxygen atoms in total. The molecule has 0 unspecified atom stereocenters. The lowest BCUT2D eigenvalue weighted by molar-refractivity contribution is -0.0499. The summed E-state index contributed by atoms with van der Waals surface area (Å²) in [6, 6.07) is 48.2. The summed E-state index contributed by atoms with van der Waals surface area (Å²) in [7, 11) is -7.39. The van der Waals surface area contributed by atoms with Crippen molar-refractivity contribution in [3.05, 3.63) is 169 Å². The Bertz CT molecular complexity index is 2260. The SMILES string of the molecule is O=S(=O)(Oc1cccc2c1-c1c(cccc1P(c1ccccc1)c1ccccc1)N=C(c1ccccc1)C(c1ccccc1)=N2)C(F)(F)F. The number of hydrogen-bond donors (Lipinski definition) is 0. The maximum Gasteiger partial charge on any atom is 0.534 e. The number of aliphatic imine (C=N–C) groups is 2. The number of fused-ring (bicyclic) bond motifs is 3. The van der Waals surface area contributed by atoms with Crippen LogP contribution in [-0.4, -0.2) is 25.3 Å². The summed E-state index contributed by atoms with van der Waals surface area (Å²) in [6.45, 7) is 0. The molecule has 7 rings (SSSR count). The Morgan fingerprint density at radius 2 is 0.939 bits per heavy atom. The average Bonchev–Trinajstić information content (AvgIpc) is 3.10. The van der Waals surface area contributed by atoms with Gasteiger partial charge in [-0.2, -0.15) is 21.6 Å². The summed E-state index contributed by atoms with van der Waals surface area (Å²) >= 11 is 0. The van der Waals surface area contributed by atoms with Crippen molar-refractivity contribution < 1.29 is 25.8 Å². The van der Waals surface area contributed by atoms with E-state index >= 15 is 0 Å². The average molecular weight is 691 g/mol. The fourth-order valence-corrected chi connectivity index (χ4v) is 8.64. The molecule has 0 saturated heterocycles. The van der Waals surface area contributed by atoms with Crippen LogP contribution in [0.15, 0.2) is 168 Å². The molecular formula is C39H26F3N2O3PS. The van der Waals surface area contributed by atoms with E-state index in [-0.39, 0.29) is 11.3 Å². The highest BCUT2D eigenvalue weighted by Crippen LogP contribution is 2.49. The highest BCUT2D eigenvalue weighted by Gasteiger charge is 2.49. The van der Waals surface area contributed by atoms with Gasteiger partial charge in [-0.25, -0.2) is 9.98 Å². The topological polar surface area (TPSA) is 68.1 Å². The minimum Gasteiger partial charge on any atom is -0.375 e. The summed E-state index contributed by atoms with van der Waals surface area (Å²) in [4.78, 5) is 10.3. The molecule has 0 amide bonds. The summed E-state index contributed by atoms with van der Waals surface area (Å²) in [5, 5.41) is 2.69. The number of alkyl halides is 3. The predicted molar refractivity (Wildman–Crippen MR) is 191 cm³/mol. The highest BCUT2D eigenvalue weighted by atomic mass is 32.2. The first-order valence-corrected chi connectivity index (χ1v) is 17.9. The Morgan fingerprint density at radius 3 is 1.41 bits per heavy atom. The number of benzene rings is 6. The molecule has 1 heterocycles. The van der Waals surface area contributed by atoms with Crippen LogP contribution >= 0.6 is 7.92 Å². The molecule has 1 aliphatic rings. The Balaban J connectivity index is 1.61. The van der Waals surface area contributed by atoms with Gasteiger partial charge in [-0.05, 0) is 42.0 Å². The van der Waals surface area contributed by atoms with Gasteiger partial charge in [-0.15, -0.1) is 0 Å². The molecular weight excluding hydrogens is 664 g/mol. The molecule has 0 N–H and O–H groups in total. The standard InChI is InChI=1S/C39H26F3N2O3PS/c40-39(41,42)49(45,46)47-33-25-13-23-31-35(33)36-32(44-38(28-17-7-2-8-18-28)37(43-31)27-15-5-1-6-16-27)24-14-26-34(36)48(29-19-9-3-10-20-29)30-21-11-4-12-22-30/h1-26H. The van der Waals surface area contributed by atoms with Crippen LogP contribution in [0, 0.1) is 0 Å². The molecule has 242 valence electrons. The molecule has 0 radical (unpaired) electrons. The number of nitrogens with zero attached hydrogens (tertiary/aromatic N) is 2. The predicted octanol–water partition coefficient (Wildman–Crippen LogP) is 8.60. The van der Waals surface area contributed by atoms with Crippen molar-refractivity contribution in [3.63, 3.8) is 0 Å². The van der Waals surface area contributed by atoms with Crippen molar-refractivity contribution in [1.29, 1.82) is 0 Å². The molecule has 1 aliphatic heterocycles. The van der Waals surface area contributed by atoms with E-state index in [1.165, 1.54) is 12.1 Å². The van der Waals surface area contributed by atoms with E-state index in [1.54, 1.807) is 12.1 Å². The van der Waals surface area contributed by atoms with Crippen molar-refractivity contribution in [2.75, 3.05) is 0 Å². The van der Waals surface area contributed by atoms with Gasteiger partial charge < -0.3 is 4.18 Å². The zero-order valence-electron chi connectivity index (χ0n) is 25.6. The lowest BCUT2D eigenvalue weighted by Crippen LogP contribution is -2.28. The van der Waals surface area contributed by atoms with Gasteiger partial charge in [0.25, 0.3) is 0 Å². The van der Waals surface area contributed by atoms with Crippen molar-refractivity contribution in [3.8, 4) is 16.9 Å². The second-order valence-corrected chi connectivity index (χ2v) is 14.7. The lowest BCUT2D eigenvalue weighted by Gasteiger charge is -2.26. The van der Waals surface area contributed by atoms with Crippen LogP contribution < -0.4 is 20.1 Å². The quantitative estimate of drug-likeness (QED) is 0.0958. The van der Waals surface area contributed by atoms with Crippen molar-refractivity contribution in [2.45, 2.75) is 5.51 Å². The summed E-state index contributed by atoms with van der Waals surface area (Å²) in [5.41, 5.74) is -2.04. The minimum atomic E-state index is -6.04. The molecule has 0 atom stereocenters. The smallest absolute Gasteiger partial charge is 0.375 e. The number of hydrogen-bond acceptors (Lipinski definition) is 5. The van der Waals surface area contributed by atoms with Crippen LogP contribution in [0.4, 0.5) is 24.5 Å². The second-order valence-electron chi connectivity index (χ2n) is 11.0. The van der Waals surface area contributed by atoms with Gasteiger partial charge >= 0.3 is 15.6 Å². The van der Waals surface area contributed by atoms with E-state index in [1.807, 2.05) is 133 Å². The van der Waals surface area contributed by atoms with Crippen LogP contribution in [0.3, 0.4) is 0 Å². The first-order valence-electron chi connectivity index (χ1n) is 15.2. The number of rotatable bonds is 7. The molecule has 0 fully saturated rings. The van der Waals surface area contributed by atoms with E-state index in [0.717, 1.165) is 21.5 Å². The molecule has 0 aromatic heterocycles. The van der Waals surface area contributed by atoms with Crippen LogP contribution in [0.25, 0.3) is 11.1 Å². The minimum absolute atomic E-state index is 0.0876. The molecule has 0 bridgehead atoms. The van der Waals surface area contributed by atoms with Crippen LogP contribution in [0.5, 0.6) is 5.75 Å². The molecule has 0 saturated carbocycles. The third-order valence-corrected chi connectivity index (χ3v) is 11.3. The fourth-order valence-electron chi connectivity index (χ4n) is 5.69. The van der Waals surface area contributed by atoms with E-state index in [4.69, 9.17) is 14.2 Å². The molecule has 49 heavy (non-hydrogen) atoms. The van der Waals surface area contributed by atoms with Gasteiger partial charge in [0.15, 0.2) is 5.75 Å². The normalized spacial score (nSPS) is 13.0. The van der Waals surface area contributed by atoms with E-state index < -0.39 is 29.3 Å². The van der Waals surface area contributed by atoms with Gasteiger partial charge in [0.05, 0.1) is 28.4 Å². The van der Waals surface area contributed by atoms with Crippen molar-refractivity contribution in [2.24, 2.45) is 9.98 Å². The summed E-state index contributed by atoms with van der Waals surface area (Å²) in [5.74, 6) is -0.505. The Kier molecular flexibility index (Phi) is 8.71. The molecule has 6 aromatic carbocycles. The van der Waals surface area contributed by atoms with E-state index in [0.29, 0.717) is 28.2 Å². The largest absolute Gasteiger partial charge is 0.534 e. The molecule has 6 aromatic rings. The summed E-state index contributed by atoms with van der Waals surface area (Å²) < 4.78 is 71.5. The Hall–Kier alpha value is -5.37. The first-order chi connectivity index (χ1) is 23.7. The third kappa shape index (κ3) is 6.43. The highest BCUT2D eigenvalue weighted by molar-refractivity contribution is 7.88. The molecule has 0 aliphatic carbocycles. The van der Waals surface area contributed by atoms with Gasteiger partial charge in [0.2, 0.25) is 0 Å². The van der Waals surface area contributed by atoms with Crippen LogP contribution in [-0.2, 0) is 10.1 Å². The fraction of sp³-hybridized carbons (Fsp3) is 0.0256.